The van der Waals surface area contributed by atoms with E-state index in [1.807, 2.05) is 30.3 Å². The number of thiocarbonyl (C=S) groups is 1. The number of thioether (sulfide) groups is 1. The highest BCUT2D eigenvalue weighted by Gasteiger charge is 2.21. The van der Waals surface area contributed by atoms with E-state index in [1.54, 1.807) is 12.1 Å². The molecule has 24 heavy (non-hydrogen) atoms. The molecule has 6 heteroatoms. The highest BCUT2D eigenvalue weighted by molar-refractivity contribution is 8.26. The zero-order valence-corrected chi connectivity index (χ0v) is 14.3. The van der Waals surface area contributed by atoms with Crippen LogP contribution in [0.15, 0.2) is 53.4 Å². The number of benzene rings is 2. The van der Waals surface area contributed by atoms with Crippen LogP contribution < -0.4 is 5.32 Å². The van der Waals surface area contributed by atoms with Gasteiger partial charge in [-0.05, 0) is 34.9 Å². The van der Waals surface area contributed by atoms with Crippen LogP contribution >= 0.6 is 24.0 Å². The van der Waals surface area contributed by atoms with Crippen molar-refractivity contribution >= 4 is 40.3 Å². The van der Waals surface area contributed by atoms with E-state index in [-0.39, 0.29) is 11.7 Å². The van der Waals surface area contributed by atoms with E-state index >= 15 is 0 Å². The lowest BCUT2D eigenvalue weighted by Gasteiger charge is -2.05. The summed E-state index contributed by atoms with van der Waals surface area (Å²) in [5, 5.41) is 2.59. The SMILES string of the molecule is O=C1NC(=S)S/C1=C/c1ccc(COCc2ccc(F)cc2)cc1. The Kier molecular flexibility index (Phi) is 5.40. The van der Waals surface area contributed by atoms with Crippen molar-refractivity contribution in [2.45, 2.75) is 13.2 Å². The van der Waals surface area contributed by atoms with Gasteiger partial charge in [0.2, 0.25) is 0 Å². The molecule has 1 saturated heterocycles. The van der Waals surface area contributed by atoms with Gasteiger partial charge in [0.1, 0.15) is 10.1 Å². The average molecular weight is 359 g/mol. The van der Waals surface area contributed by atoms with E-state index in [2.05, 4.69) is 5.32 Å². The smallest absolute Gasteiger partial charge is 0.263 e. The molecule has 1 amide bonds. The lowest BCUT2D eigenvalue weighted by atomic mass is 10.1. The summed E-state index contributed by atoms with van der Waals surface area (Å²) in [6, 6.07) is 14.0. The van der Waals surface area contributed by atoms with Gasteiger partial charge in [0.25, 0.3) is 5.91 Å². The molecule has 0 aliphatic carbocycles. The Balaban J connectivity index is 1.55. The molecule has 0 aromatic heterocycles. The number of nitrogens with one attached hydrogen (secondary N) is 1. The number of hydrogen-bond donors (Lipinski definition) is 1. The maximum absolute atomic E-state index is 12.8. The van der Waals surface area contributed by atoms with Crippen molar-refractivity contribution in [3.63, 3.8) is 0 Å². The summed E-state index contributed by atoms with van der Waals surface area (Å²) < 4.78 is 18.9. The molecule has 1 aliphatic rings. The van der Waals surface area contributed by atoms with E-state index in [1.165, 1.54) is 23.9 Å². The first-order chi connectivity index (χ1) is 11.6. The van der Waals surface area contributed by atoms with Crippen LogP contribution in [0.4, 0.5) is 4.39 Å². The van der Waals surface area contributed by atoms with Gasteiger partial charge in [0, 0.05) is 0 Å². The molecule has 0 atom stereocenters. The first-order valence-corrected chi connectivity index (χ1v) is 8.48. The molecule has 1 aliphatic heterocycles. The molecule has 0 unspecified atom stereocenters. The highest BCUT2D eigenvalue weighted by Crippen LogP contribution is 2.25. The number of amides is 1. The van der Waals surface area contributed by atoms with E-state index < -0.39 is 0 Å². The zero-order valence-electron chi connectivity index (χ0n) is 12.6. The van der Waals surface area contributed by atoms with E-state index in [0.717, 1.165) is 16.7 Å². The quantitative estimate of drug-likeness (QED) is 0.646. The Bertz CT molecular complexity index is 786. The van der Waals surface area contributed by atoms with Gasteiger partial charge < -0.3 is 10.1 Å². The van der Waals surface area contributed by atoms with Gasteiger partial charge in [-0.2, -0.15) is 0 Å². The maximum atomic E-state index is 12.8. The summed E-state index contributed by atoms with van der Waals surface area (Å²) in [6.07, 6.45) is 1.81. The van der Waals surface area contributed by atoms with Gasteiger partial charge in [0.05, 0.1) is 18.1 Å². The summed E-state index contributed by atoms with van der Waals surface area (Å²) in [7, 11) is 0. The van der Waals surface area contributed by atoms with Gasteiger partial charge in [-0.15, -0.1) is 0 Å². The van der Waals surface area contributed by atoms with Crippen LogP contribution in [0.2, 0.25) is 0 Å². The van der Waals surface area contributed by atoms with Crippen LogP contribution in [0.5, 0.6) is 0 Å². The molecule has 2 aromatic rings. The molecule has 1 fully saturated rings. The summed E-state index contributed by atoms with van der Waals surface area (Å²) >= 11 is 6.22. The molecule has 0 saturated carbocycles. The molecule has 122 valence electrons. The average Bonchev–Trinajstić information content (AvgIpc) is 2.88. The molecule has 0 radical (unpaired) electrons. The van der Waals surface area contributed by atoms with Crippen molar-refractivity contribution in [1.82, 2.24) is 5.32 Å². The van der Waals surface area contributed by atoms with Crippen molar-refractivity contribution in [3.05, 3.63) is 75.9 Å². The third kappa shape index (κ3) is 4.50. The molecule has 0 bridgehead atoms. The van der Waals surface area contributed by atoms with Gasteiger partial charge in [-0.3, -0.25) is 4.79 Å². The van der Waals surface area contributed by atoms with Gasteiger partial charge >= 0.3 is 0 Å². The van der Waals surface area contributed by atoms with Crippen LogP contribution in [0, 0.1) is 5.82 Å². The third-order valence-corrected chi connectivity index (χ3v) is 4.53. The minimum Gasteiger partial charge on any atom is -0.372 e. The second-order valence-corrected chi connectivity index (χ2v) is 6.93. The van der Waals surface area contributed by atoms with Crippen LogP contribution in [0.3, 0.4) is 0 Å². The Morgan fingerprint density at radius 2 is 1.62 bits per heavy atom. The Hall–Kier alpha value is -2.02. The van der Waals surface area contributed by atoms with Crippen molar-refractivity contribution in [1.29, 1.82) is 0 Å². The summed E-state index contributed by atoms with van der Waals surface area (Å²) in [6.45, 7) is 0.897. The van der Waals surface area contributed by atoms with Gasteiger partial charge in [0.15, 0.2) is 0 Å². The Morgan fingerprint density at radius 1 is 1.04 bits per heavy atom. The number of carbonyl (C=O) groups excluding carboxylic acids is 1. The predicted octanol–water partition coefficient (Wildman–Crippen LogP) is 4.03. The van der Waals surface area contributed by atoms with E-state index in [9.17, 15) is 9.18 Å². The molecule has 3 nitrogen and oxygen atoms in total. The number of halogens is 1. The number of hydrogen-bond acceptors (Lipinski definition) is 4. The molecule has 3 rings (SSSR count). The largest absolute Gasteiger partial charge is 0.372 e. The van der Waals surface area contributed by atoms with Crippen LogP contribution in [0.1, 0.15) is 16.7 Å². The lowest BCUT2D eigenvalue weighted by molar-refractivity contribution is -0.115. The van der Waals surface area contributed by atoms with Crippen molar-refractivity contribution in [3.8, 4) is 0 Å². The third-order valence-electron chi connectivity index (χ3n) is 3.37. The monoisotopic (exact) mass is 359 g/mol. The molecule has 0 spiro atoms. The minimum atomic E-state index is -0.252. The van der Waals surface area contributed by atoms with Crippen LogP contribution in [-0.4, -0.2) is 10.2 Å². The summed E-state index contributed by atoms with van der Waals surface area (Å²) in [5.74, 6) is -0.407. The van der Waals surface area contributed by atoms with Crippen LogP contribution in [-0.2, 0) is 22.7 Å². The molecular weight excluding hydrogens is 345 g/mol. The first-order valence-electron chi connectivity index (χ1n) is 7.26. The molecule has 1 N–H and O–H groups in total. The summed E-state index contributed by atoms with van der Waals surface area (Å²) in [5.41, 5.74) is 2.89. The number of ether oxygens (including phenoxy) is 1. The number of carbonyl (C=O) groups is 1. The minimum absolute atomic E-state index is 0.156. The Morgan fingerprint density at radius 3 is 2.17 bits per heavy atom. The fourth-order valence-corrected chi connectivity index (χ4v) is 3.19. The second-order valence-electron chi connectivity index (χ2n) is 5.21. The van der Waals surface area contributed by atoms with Gasteiger partial charge in [-0.25, -0.2) is 4.39 Å². The number of rotatable bonds is 5. The standard InChI is InChI=1S/C18H14FNO2S2/c19-15-7-5-14(6-8-15)11-22-10-13-3-1-12(2-4-13)9-16-17(21)20-18(23)24-16/h1-9H,10-11H2,(H,20,21,23)/b16-9+. The topological polar surface area (TPSA) is 38.3 Å². The van der Waals surface area contributed by atoms with E-state index in [4.69, 9.17) is 17.0 Å². The van der Waals surface area contributed by atoms with Crippen molar-refractivity contribution < 1.29 is 13.9 Å². The fourth-order valence-electron chi connectivity index (χ4n) is 2.15. The lowest BCUT2D eigenvalue weighted by Crippen LogP contribution is -2.17. The first kappa shape index (κ1) is 16.8. The Labute approximate surface area is 148 Å². The highest BCUT2D eigenvalue weighted by atomic mass is 32.2. The predicted molar refractivity (Wildman–Crippen MR) is 97.6 cm³/mol. The van der Waals surface area contributed by atoms with Crippen molar-refractivity contribution in [2.75, 3.05) is 0 Å². The second kappa shape index (κ2) is 7.70. The fraction of sp³-hybridized carbons (Fsp3) is 0.111. The zero-order chi connectivity index (χ0) is 16.9. The maximum Gasteiger partial charge on any atom is 0.263 e. The van der Waals surface area contributed by atoms with Crippen LogP contribution in [0.25, 0.3) is 6.08 Å². The van der Waals surface area contributed by atoms with Gasteiger partial charge in [-0.1, -0.05) is 60.4 Å². The molecular formula is C18H14FNO2S2. The normalized spacial score (nSPS) is 15.8. The molecule has 2 aromatic carbocycles. The summed E-state index contributed by atoms with van der Waals surface area (Å²) in [4.78, 5) is 12.2. The van der Waals surface area contributed by atoms with E-state index in [0.29, 0.717) is 22.4 Å². The van der Waals surface area contributed by atoms with Crippen molar-refractivity contribution in [2.24, 2.45) is 0 Å². The molecule has 1 heterocycles.